The van der Waals surface area contributed by atoms with Crippen molar-refractivity contribution in [1.29, 1.82) is 0 Å². The average molecular weight is 258 g/mol. The number of furan rings is 1. The first-order valence-electron chi connectivity index (χ1n) is 5.37. The largest absolute Gasteiger partial charge is 0.476 e. The van der Waals surface area contributed by atoms with Crippen molar-refractivity contribution in [1.82, 2.24) is 4.98 Å². The Morgan fingerprint density at radius 2 is 2.16 bits per heavy atom. The summed E-state index contributed by atoms with van der Waals surface area (Å²) in [6, 6.07) is 6.39. The van der Waals surface area contributed by atoms with Crippen LogP contribution in [0, 0.1) is 0 Å². The van der Waals surface area contributed by atoms with E-state index in [1.165, 1.54) is 36.7 Å². The van der Waals surface area contributed by atoms with E-state index in [1.807, 2.05) is 0 Å². The molecule has 0 aliphatic heterocycles. The Balaban J connectivity index is 2.09. The molecule has 96 valence electrons. The molecule has 2 rings (SSSR count). The van der Waals surface area contributed by atoms with Gasteiger partial charge in [-0.3, -0.25) is 4.79 Å². The van der Waals surface area contributed by atoms with E-state index in [9.17, 15) is 9.59 Å². The highest BCUT2D eigenvalue weighted by Gasteiger charge is 2.11. The molecule has 2 heterocycles. The van der Waals surface area contributed by atoms with Gasteiger partial charge in [-0.1, -0.05) is 0 Å². The average Bonchev–Trinajstić information content (AvgIpc) is 2.90. The van der Waals surface area contributed by atoms with Crippen molar-refractivity contribution in [2.24, 2.45) is 0 Å². The molecule has 0 aromatic carbocycles. The van der Waals surface area contributed by atoms with Gasteiger partial charge in [0.25, 0.3) is 0 Å². The first kappa shape index (κ1) is 12.6. The predicted molar refractivity (Wildman–Crippen MR) is 67.6 cm³/mol. The van der Waals surface area contributed by atoms with E-state index in [0.717, 1.165) is 0 Å². The number of aromatic carboxylic acids is 1. The van der Waals surface area contributed by atoms with E-state index in [-0.39, 0.29) is 11.4 Å². The van der Waals surface area contributed by atoms with Crippen LogP contribution in [0.15, 0.2) is 47.2 Å². The number of nitrogens with one attached hydrogen (secondary N) is 1. The number of aromatic nitrogens is 1. The number of carboxylic acid groups (broad SMARTS) is 1. The maximum Gasteiger partial charge on any atom is 0.356 e. The van der Waals surface area contributed by atoms with Crippen LogP contribution in [0.4, 0.5) is 5.69 Å². The number of nitrogens with zero attached hydrogens (tertiary/aromatic N) is 1. The van der Waals surface area contributed by atoms with Gasteiger partial charge in [-0.15, -0.1) is 0 Å². The molecule has 0 spiro atoms. The second-order valence-corrected chi connectivity index (χ2v) is 3.54. The van der Waals surface area contributed by atoms with E-state index in [1.54, 1.807) is 12.1 Å². The van der Waals surface area contributed by atoms with Crippen molar-refractivity contribution in [2.45, 2.75) is 0 Å². The van der Waals surface area contributed by atoms with Crippen molar-refractivity contribution in [2.75, 3.05) is 5.32 Å². The van der Waals surface area contributed by atoms with Crippen LogP contribution in [-0.2, 0) is 4.79 Å². The third-order valence-corrected chi connectivity index (χ3v) is 2.21. The van der Waals surface area contributed by atoms with E-state index < -0.39 is 11.9 Å². The van der Waals surface area contributed by atoms with Crippen LogP contribution in [0.25, 0.3) is 6.08 Å². The lowest BCUT2D eigenvalue weighted by atomic mass is 10.3. The van der Waals surface area contributed by atoms with Gasteiger partial charge in [0.05, 0.1) is 12.0 Å². The van der Waals surface area contributed by atoms with E-state index >= 15 is 0 Å². The van der Waals surface area contributed by atoms with Crippen molar-refractivity contribution in [3.05, 3.63) is 54.3 Å². The molecule has 0 aliphatic carbocycles. The molecule has 6 nitrogen and oxygen atoms in total. The second-order valence-electron chi connectivity index (χ2n) is 3.54. The molecule has 2 aromatic heterocycles. The van der Waals surface area contributed by atoms with Crippen molar-refractivity contribution < 1.29 is 19.1 Å². The normalized spacial score (nSPS) is 10.5. The minimum Gasteiger partial charge on any atom is -0.476 e. The molecule has 0 unspecified atom stereocenters. The van der Waals surface area contributed by atoms with Gasteiger partial charge in [-0.05, 0) is 30.3 Å². The molecule has 2 N–H and O–H groups in total. The van der Waals surface area contributed by atoms with Gasteiger partial charge in [-0.2, -0.15) is 0 Å². The number of pyridine rings is 1. The molecule has 2 aromatic rings. The van der Waals surface area contributed by atoms with Crippen LogP contribution in [0.3, 0.4) is 0 Å². The Morgan fingerprint density at radius 1 is 1.32 bits per heavy atom. The summed E-state index contributed by atoms with van der Waals surface area (Å²) in [5.74, 6) is -1.14. The Bertz CT molecular complexity index is 617. The van der Waals surface area contributed by atoms with Gasteiger partial charge >= 0.3 is 5.97 Å². The highest BCUT2D eigenvalue weighted by Crippen LogP contribution is 2.12. The molecule has 6 heteroatoms. The summed E-state index contributed by atoms with van der Waals surface area (Å²) in [6.45, 7) is 0. The summed E-state index contributed by atoms with van der Waals surface area (Å²) in [5, 5.41) is 11.4. The predicted octanol–water partition coefficient (Wildman–Crippen LogP) is 2.02. The molecule has 19 heavy (non-hydrogen) atoms. The van der Waals surface area contributed by atoms with Crippen LogP contribution >= 0.6 is 0 Å². The van der Waals surface area contributed by atoms with Gasteiger partial charge in [-0.25, -0.2) is 9.78 Å². The molecule has 0 atom stereocenters. The van der Waals surface area contributed by atoms with E-state index in [2.05, 4.69) is 10.3 Å². The fourth-order valence-corrected chi connectivity index (χ4v) is 1.39. The lowest BCUT2D eigenvalue weighted by Gasteiger charge is -2.04. The van der Waals surface area contributed by atoms with Crippen molar-refractivity contribution >= 4 is 23.6 Å². The standard InChI is InChI=1S/C13H10N2O4/c16-11(6-5-9-3-2-8-19-9)15-10-4-1-7-14-12(10)13(17)18/h1-8H,(H,15,16)(H,17,18)/b6-5+. The quantitative estimate of drug-likeness (QED) is 0.818. The van der Waals surface area contributed by atoms with Crippen LogP contribution in [0.1, 0.15) is 16.2 Å². The first-order valence-corrected chi connectivity index (χ1v) is 5.37. The fraction of sp³-hybridized carbons (Fsp3) is 0. The minimum absolute atomic E-state index is 0.143. The number of amides is 1. The van der Waals surface area contributed by atoms with Crippen LogP contribution in [0.5, 0.6) is 0 Å². The number of hydrogen-bond acceptors (Lipinski definition) is 4. The monoisotopic (exact) mass is 258 g/mol. The zero-order valence-electron chi connectivity index (χ0n) is 9.74. The summed E-state index contributed by atoms with van der Waals surface area (Å²) < 4.78 is 5.02. The maximum absolute atomic E-state index is 11.6. The Kier molecular flexibility index (Phi) is 3.72. The molecular formula is C13H10N2O4. The van der Waals surface area contributed by atoms with E-state index in [0.29, 0.717) is 5.76 Å². The number of rotatable bonds is 4. The summed E-state index contributed by atoms with van der Waals surface area (Å²) in [7, 11) is 0. The zero-order chi connectivity index (χ0) is 13.7. The molecule has 1 amide bonds. The molecular weight excluding hydrogens is 248 g/mol. The van der Waals surface area contributed by atoms with Gasteiger partial charge in [0.15, 0.2) is 5.69 Å². The summed E-state index contributed by atoms with van der Waals surface area (Å²) in [6.07, 6.45) is 5.56. The van der Waals surface area contributed by atoms with Gasteiger partial charge in [0.1, 0.15) is 5.76 Å². The Hall–Kier alpha value is -2.89. The second kappa shape index (κ2) is 5.63. The van der Waals surface area contributed by atoms with E-state index in [4.69, 9.17) is 9.52 Å². The van der Waals surface area contributed by atoms with Gasteiger partial charge in [0.2, 0.25) is 5.91 Å². The first-order chi connectivity index (χ1) is 9.16. The van der Waals surface area contributed by atoms with Crippen LogP contribution in [-0.4, -0.2) is 22.0 Å². The number of carbonyl (C=O) groups is 2. The molecule has 0 bridgehead atoms. The third-order valence-electron chi connectivity index (χ3n) is 2.21. The molecule has 0 radical (unpaired) electrons. The number of anilines is 1. The van der Waals surface area contributed by atoms with Gasteiger partial charge in [0, 0.05) is 12.3 Å². The maximum atomic E-state index is 11.6. The molecule has 0 aliphatic rings. The lowest BCUT2D eigenvalue weighted by Crippen LogP contribution is -2.13. The topological polar surface area (TPSA) is 92.4 Å². The minimum atomic E-state index is -1.20. The van der Waals surface area contributed by atoms with Crippen LogP contribution in [0.2, 0.25) is 0 Å². The summed E-state index contributed by atoms with van der Waals surface area (Å²) in [5.41, 5.74) is -0.0636. The van der Waals surface area contributed by atoms with Crippen LogP contribution < -0.4 is 5.32 Å². The fourth-order valence-electron chi connectivity index (χ4n) is 1.39. The van der Waals surface area contributed by atoms with Crippen molar-refractivity contribution in [3.8, 4) is 0 Å². The highest BCUT2D eigenvalue weighted by atomic mass is 16.4. The molecule has 0 saturated carbocycles. The third kappa shape index (κ3) is 3.29. The SMILES string of the molecule is O=C(/C=C/c1ccco1)Nc1cccnc1C(=O)O. The smallest absolute Gasteiger partial charge is 0.356 e. The number of carboxylic acids is 1. The van der Waals surface area contributed by atoms with Gasteiger partial charge < -0.3 is 14.8 Å². The summed E-state index contributed by atoms with van der Waals surface area (Å²) in [4.78, 5) is 26.2. The lowest BCUT2D eigenvalue weighted by molar-refractivity contribution is -0.111. The number of carbonyl (C=O) groups excluding carboxylic acids is 1. The highest BCUT2D eigenvalue weighted by molar-refractivity contribution is 6.05. The Morgan fingerprint density at radius 3 is 2.84 bits per heavy atom. The zero-order valence-corrected chi connectivity index (χ0v) is 9.74. The molecule has 0 fully saturated rings. The molecule has 0 saturated heterocycles. The summed E-state index contributed by atoms with van der Waals surface area (Å²) >= 11 is 0. The van der Waals surface area contributed by atoms with Crippen molar-refractivity contribution in [3.63, 3.8) is 0 Å². The Labute approximate surface area is 108 Å². The number of hydrogen-bond donors (Lipinski definition) is 2.